The van der Waals surface area contributed by atoms with Crippen molar-refractivity contribution in [2.75, 3.05) is 6.61 Å². The lowest BCUT2D eigenvalue weighted by Crippen LogP contribution is -2.82. The molecular weight excluding hydrogens is 368 g/mol. The first-order valence-electron chi connectivity index (χ1n) is 12.1. The highest BCUT2D eigenvalue weighted by Crippen LogP contribution is 2.86. The van der Waals surface area contributed by atoms with Gasteiger partial charge in [0, 0.05) is 24.2 Å². The van der Waals surface area contributed by atoms with Crippen molar-refractivity contribution in [2.45, 2.75) is 93.5 Å². The number of rotatable bonds is 5. The Morgan fingerprint density at radius 2 is 1.76 bits per heavy atom. The Hall–Kier alpha value is -0.650. The van der Waals surface area contributed by atoms with E-state index < -0.39 is 16.8 Å². The predicted octanol–water partition coefficient (Wildman–Crippen LogP) is 2.57. The van der Waals surface area contributed by atoms with Gasteiger partial charge in [-0.05, 0) is 80.5 Å². The predicted molar refractivity (Wildman–Crippen MR) is 102 cm³/mol. The summed E-state index contributed by atoms with van der Waals surface area (Å²) in [7, 11) is 0. The molecule has 11 unspecified atom stereocenters. The second kappa shape index (κ2) is 4.31. The van der Waals surface area contributed by atoms with Crippen molar-refractivity contribution in [3.8, 4) is 0 Å². The molecule has 0 aromatic rings. The number of carbonyl (C=O) groups is 1. The highest BCUT2D eigenvalue weighted by atomic mass is 16.6. The third-order valence-corrected chi connectivity index (χ3v) is 12.4. The van der Waals surface area contributed by atoms with E-state index in [-0.39, 0.29) is 23.6 Å². The summed E-state index contributed by atoms with van der Waals surface area (Å²) in [5, 5.41) is 21.9. The van der Waals surface area contributed by atoms with Crippen LogP contribution >= 0.6 is 0 Å². The molecule has 8 rings (SSSR count). The summed E-state index contributed by atoms with van der Waals surface area (Å²) in [5.74, 6) is 3.07. The van der Waals surface area contributed by atoms with Gasteiger partial charge in [-0.25, -0.2) is 4.79 Å². The van der Waals surface area contributed by atoms with Crippen LogP contribution in [-0.2, 0) is 14.3 Å². The number of esters is 1. The van der Waals surface area contributed by atoms with Gasteiger partial charge in [-0.2, -0.15) is 0 Å². The molecule has 29 heavy (non-hydrogen) atoms. The molecule has 5 heteroatoms. The molecule has 0 amide bonds. The number of hydrogen-bond donors (Lipinski definition) is 2. The van der Waals surface area contributed by atoms with Crippen LogP contribution in [0.5, 0.6) is 0 Å². The molecule has 2 spiro atoms. The topological polar surface area (TPSA) is 76.0 Å². The molecule has 8 saturated carbocycles. The lowest BCUT2D eigenvalue weighted by molar-refractivity contribution is -0.384. The first-order valence-corrected chi connectivity index (χ1v) is 12.1. The standard InChI is InChI=1S/C24H32O5/c1-2-23(15-4-13-3-14-5-17(23)22(13,14)8-15)29-18(25)9-28-21-10-19(26)6-16-7-20(27,12-21)24(16,21)11-19/h13-17,26-27H,2-12H2,1H3. The maximum absolute atomic E-state index is 13.0. The van der Waals surface area contributed by atoms with Gasteiger partial charge in [0.1, 0.15) is 12.2 Å². The van der Waals surface area contributed by atoms with Crippen LogP contribution in [0.15, 0.2) is 0 Å². The van der Waals surface area contributed by atoms with Crippen LogP contribution in [0.1, 0.15) is 71.1 Å². The van der Waals surface area contributed by atoms with Crippen LogP contribution < -0.4 is 0 Å². The Labute approximate surface area is 171 Å². The average Bonchev–Trinajstić information content (AvgIpc) is 3.29. The fourth-order valence-electron chi connectivity index (χ4n) is 11.8. The van der Waals surface area contributed by atoms with Gasteiger partial charge in [-0.3, -0.25) is 0 Å². The smallest absolute Gasteiger partial charge is 0.332 e. The molecule has 0 aromatic heterocycles. The van der Waals surface area contributed by atoms with Gasteiger partial charge >= 0.3 is 5.97 Å². The van der Waals surface area contributed by atoms with Crippen molar-refractivity contribution in [1.29, 1.82) is 0 Å². The summed E-state index contributed by atoms with van der Waals surface area (Å²) < 4.78 is 12.6. The number of aliphatic hydroxyl groups is 2. The van der Waals surface area contributed by atoms with E-state index in [1.54, 1.807) is 0 Å². The third-order valence-electron chi connectivity index (χ3n) is 12.4. The first-order chi connectivity index (χ1) is 13.7. The number of fused-ring (bicyclic) bond motifs is 2. The summed E-state index contributed by atoms with van der Waals surface area (Å²) in [5.41, 5.74) is -1.92. The average molecular weight is 401 g/mol. The molecule has 0 aliphatic heterocycles. The molecule has 0 saturated heterocycles. The second-order valence-electron chi connectivity index (χ2n) is 12.6. The monoisotopic (exact) mass is 400 g/mol. The van der Waals surface area contributed by atoms with E-state index >= 15 is 0 Å². The van der Waals surface area contributed by atoms with Crippen LogP contribution in [0.25, 0.3) is 0 Å². The summed E-state index contributed by atoms with van der Waals surface area (Å²) in [4.78, 5) is 13.0. The summed E-state index contributed by atoms with van der Waals surface area (Å²) in [6.45, 7) is 2.17. The minimum atomic E-state index is -0.704. The van der Waals surface area contributed by atoms with Gasteiger partial charge in [0.2, 0.25) is 0 Å². The fraction of sp³-hybridized carbons (Fsp3) is 0.958. The van der Waals surface area contributed by atoms with Crippen LogP contribution in [0.2, 0.25) is 0 Å². The van der Waals surface area contributed by atoms with Crippen molar-refractivity contribution < 1.29 is 24.5 Å². The molecule has 5 nitrogen and oxygen atoms in total. The minimum Gasteiger partial charge on any atom is -0.457 e. The molecule has 0 heterocycles. The molecule has 8 fully saturated rings. The molecule has 8 aliphatic carbocycles. The summed E-state index contributed by atoms with van der Waals surface area (Å²) in [6, 6.07) is 0. The van der Waals surface area contributed by atoms with Gasteiger partial charge < -0.3 is 19.7 Å². The van der Waals surface area contributed by atoms with Gasteiger partial charge in [0.25, 0.3) is 0 Å². The Morgan fingerprint density at radius 1 is 0.966 bits per heavy atom. The zero-order valence-corrected chi connectivity index (χ0v) is 17.3. The van der Waals surface area contributed by atoms with Crippen molar-refractivity contribution in [3.05, 3.63) is 0 Å². The Bertz CT molecular complexity index is 873. The first kappa shape index (κ1) is 17.0. The summed E-state index contributed by atoms with van der Waals surface area (Å²) in [6.07, 6.45) is 9.50. The molecule has 2 N–H and O–H groups in total. The molecule has 4 bridgehead atoms. The Balaban J connectivity index is 1.01. The van der Waals surface area contributed by atoms with E-state index in [0.29, 0.717) is 42.4 Å². The highest BCUT2D eigenvalue weighted by Gasteiger charge is 2.91. The van der Waals surface area contributed by atoms with E-state index in [9.17, 15) is 15.0 Å². The van der Waals surface area contributed by atoms with Crippen molar-refractivity contribution in [3.63, 3.8) is 0 Å². The molecule has 0 radical (unpaired) electrons. The van der Waals surface area contributed by atoms with E-state index in [0.717, 1.165) is 31.1 Å². The van der Waals surface area contributed by atoms with E-state index in [2.05, 4.69) is 6.92 Å². The molecule has 158 valence electrons. The second-order valence-corrected chi connectivity index (χ2v) is 12.6. The molecule has 8 aliphatic rings. The van der Waals surface area contributed by atoms with Gasteiger partial charge in [0.05, 0.1) is 16.8 Å². The molecule has 0 aromatic carbocycles. The normalized spacial score (nSPS) is 68.3. The Kier molecular flexibility index (Phi) is 2.52. The van der Waals surface area contributed by atoms with Crippen molar-refractivity contribution >= 4 is 5.97 Å². The number of ether oxygens (including phenoxy) is 2. The van der Waals surface area contributed by atoms with Gasteiger partial charge in [0.15, 0.2) is 0 Å². The van der Waals surface area contributed by atoms with Crippen LogP contribution in [0, 0.1) is 40.4 Å². The zero-order chi connectivity index (χ0) is 19.7. The van der Waals surface area contributed by atoms with E-state index in [1.165, 1.54) is 25.7 Å². The summed E-state index contributed by atoms with van der Waals surface area (Å²) >= 11 is 0. The quantitative estimate of drug-likeness (QED) is 0.694. The van der Waals surface area contributed by atoms with Crippen LogP contribution in [0.3, 0.4) is 0 Å². The Morgan fingerprint density at radius 3 is 2.45 bits per heavy atom. The fourth-order valence-corrected chi connectivity index (χ4v) is 11.8. The van der Waals surface area contributed by atoms with Crippen molar-refractivity contribution in [2.24, 2.45) is 40.4 Å². The van der Waals surface area contributed by atoms with E-state index in [1.807, 2.05) is 0 Å². The SMILES string of the molecule is CCC1(OC(=O)COC23CC4(O)CC5CC(O)(C2)C53C4)C2CC3CC4CC1C34C2. The van der Waals surface area contributed by atoms with E-state index in [4.69, 9.17) is 9.47 Å². The lowest BCUT2D eigenvalue weighted by Gasteiger charge is -2.76. The maximum atomic E-state index is 13.0. The van der Waals surface area contributed by atoms with Crippen LogP contribution in [0.4, 0.5) is 0 Å². The van der Waals surface area contributed by atoms with Crippen LogP contribution in [-0.4, -0.2) is 45.2 Å². The zero-order valence-electron chi connectivity index (χ0n) is 17.3. The van der Waals surface area contributed by atoms with Crippen molar-refractivity contribution in [1.82, 2.24) is 0 Å². The highest BCUT2D eigenvalue weighted by molar-refractivity contribution is 5.72. The maximum Gasteiger partial charge on any atom is 0.332 e. The lowest BCUT2D eigenvalue weighted by atomic mass is 9.33. The van der Waals surface area contributed by atoms with Gasteiger partial charge in [-0.1, -0.05) is 6.92 Å². The molecular formula is C24H32O5. The number of carbonyl (C=O) groups excluding carboxylic acids is 1. The van der Waals surface area contributed by atoms with Gasteiger partial charge in [-0.15, -0.1) is 0 Å². The number of hydrogen-bond acceptors (Lipinski definition) is 5. The largest absolute Gasteiger partial charge is 0.457 e. The molecule has 11 atom stereocenters. The minimum absolute atomic E-state index is 0.0261. The third kappa shape index (κ3) is 1.39.